The molecule has 1 aliphatic rings. The molecule has 4 nitrogen and oxygen atoms in total. The highest BCUT2D eigenvalue weighted by Crippen LogP contribution is 2.22. The predicted octanol–water partition coefficient (Wildman–Crippen LogP) is 1.66. The zero-order valence-electron chi connectivity index (χ0n) is 9.85. The fraction of sp³-hybridized carbons (Fsp3) is 0.600. The molecule has 0 aromatic carbocycles. The lowest BCUT2D eigenvalue weighted by molar-refractivity contribution is -0.143. The maximum atomic E-state index is 12.2. The summed E-state index contributed by atoms with van der Waals surface area (Å²) in [7, 11) is -3.61. The Hall–Kier alpha value is -0.640. The molecule has 1 atom stereocenters. The molecule has 1 saturated heterocycles. The molecule has 1 N–H and O–H groups in total. The third kappa shape index (κ3) is 4.16. The highest BCUT2D eigenvalue weighted by atomic mass is 32.2. The lowest BCUT2D eigenvalue weighted by Gasteiger charge is -2.18. The first-order valence-electron chi connectivity index (χ1n) is 5.61. The van der Waals surface area contributed by atoms with Crippen LogP contribution >= 0.6 is 11.3 Å². The first kappa shape index (κ1) is 14.8. The fourth-order valence-electron chi connectivity index (χ4n) is 2.02. The van der Waals surface area contributed by atoms with E-state index in [-0.39, 0.29) is 17.3 Å². The molecule has 0 amide bonds. The minimum Gasteiger partial charge on any atom is -0.293 e. The summed E-state index contributed by atoms with van der Waals surface area (Å²) in [5, 5.41) is 1.64. The number of rotatable bonds is 4. The Morgan fingerprint density at radius 3 is 2.79 bits per heavy atom. The van der Waals surface area contributed by atoms with Gasteiger partial charge in [0.05, 0.1) is 6.54 Å². The minimum atomic E-state index is -4.25. The Morgan fingerprint density at radius 1 is 1.47 bits per heavy atom. The van der Waals surface area contributed by atoms with Crippen LogP contribution in [0.3, 0.4) is 0 Å². The van der Waals surface area contributed by atoms with E-state index < -0.39 is 28.8 Å². The van der Waals surface area contributed by atoms with Gasteiger partial charge in [-0.2, -0.15) is 13.2 Å². The summed E-state index contributed by atoms with van der Waals surface area (Å²) >= 11 is 1.08. The standard InChI is InChI=1S/C10H13F3N2O2S2/c11-10(12,13)7-15-4-3-8(6-15)14-19(16,17)9-2-1-5-18-9/h1-2,5,8,14H,3-4,6-7H2/t8-/m0/s1. The van der Waals surface area contributed by atoms with Crippen LogP contribution in [0.4, 0.5) is 13.2 Å². The van der Waals surface area contributed by atoms with Crippen molar-refractivity contribution < 1.29 is 21.6 Å². The molecule has 0 radical (unpaired) electrons. The monoisotopic (exact) mass is 314 g/mol. The number of nitrogens with one attached hydrogen (secondary N) is 1. The summed E-state index contributed by atoms with van der Waals surface area (Å²) in [5.74, 6) is 0. The van der Waals surface area contributed by atoms with E-state index >= 15 is 0 Å². The van der Waals surface area contributed by atoms with E-state index in [9.17, 15) is 21.6 Å². The first-order chi connectivity index (χ1) is 8.76. The van der Waals surface area contributed by atoms with Crippen molar-refractivity contribution in [2.45, 2.75) is 22.8 Å². The highest BCUT2D eigenvalue weighted by Gasteiger charge is 2.35. The fourth-order valence-corrected chi connectivity index (χ4v) is 4.29. The molecule has 1 aliphatic heterocycles. The lowest BCUT2D eigenvalue weighted by atomic mass is 10.3. The summed E-state index contributed by atoms with van der Waals surface area (Å²) < 4.78 is 63.1. The van der Waals surface area contributed by atoms with Crippen LogP contribution in [-0.2, 0) is 10.0 Å². The zero-order valence-corrected chi connectivity index (χ0v) is 11.5. The van der Waals surface area contributed by atoms with Crippen LogP contribution in [0.1, 0.15) is 6.42 Å². The van der Waals surface area contributed by atoms with Crippen molar-refractivity contribution in [3.8, 4) is 0 Å². The number of nitrogens with zero attached hydrogens (tertiary/aromatic N) is 1. The second kappa shape index (κ2) is 5.39. The smallest absolute Gasteiger partial charge is 0.293 e. The van der Waals surface area contributed by atoms with Gasteiger partial charge in [0.2, 0.25) is 10.0 Å². The van der Waals surface area contributed by atoms with E-state index in [4.69, 9.17) is 0 Å². The molecule has 19 heavy (non-hydrogen) atoms. The summed E-state index contributed by atoms with van der Waals surface area (Å²) in [5.41, 5.74) is 0. The first-order valence-corrected chi connectivity index (χ1v) is 7.97. The summed E-state index contributed by atoms with van der Waals surface area (Å²) in [6.45, 7) is -0.661. The number of halogens is 3. The third-order valence-corrected chi connectivity index (χ3v) is 5.67. The van der Waals surface area contributed by atoms with E-state index in [0.29, 0.717) is 6.42 Å². The number of sulfonamides is 1. The second-order valence-electron chi connectivity index (χ2n) is 4.39. The number of likely N-dealkylation sites (tertiary alicyclic amines) is 1. The maximum Gasteiger partial charge on any atom is 0.401 e. The maximum absolute atomic E-state index is 12.2. The number of hydrogen-bond donors (Lipinski definition) is 1. The van der Waals surface area contributed by atoms with Gasteiger partial charge in [0.15, 0.2) is 0 Å². The minimum absolute atomic E-state index is 0.0874. The molecule has 0 unspecified atom stereocenters. The van der Waals surface area contributed by atoms with Crippen LogP contribution in [-0.4, -0.2) is 45.2 Å². The molecule has 2 heterocycles. The van der Waals surface area contributed by atoms with E-state index in [2.05, 4.69) is 4.72 Å². The van der Waals surface area contributed by atoms with Crippen LogP contribution in [0.25, 0.3) is 0 Å². The van der Waals surface area contributed by atoms with Crippen LogP contribution < -0.4 is 4.72 Å². The molecule has 0 aliphatic carbocycles. The number of hydrogen-bond acceptors (Lipinski definition) is 4. The molecule has 2 rings (SSSR count). The Labute approximate surface area is 113 Å². The van der Waals surface area contributed by atoms with Gasteiger partial charge in [0.25, 0.3) is 0 Å². The molecule has 0 saturated carbocycles. The Morgan fingerprint density at radius 2 is 2.21 bits per heavy atom. The van der Waals surface area contributed by atoms with Gasteiger partial charge in [0.1, 0.15) is 4.21 Å². The molecule has 108 valence electrons. The molecule has 0 bridgehead atoms. The summed E-state index contributed by atoms with van der Waals surface area (Å²) in [6, 6.07) is 2.62. The number of thiophene rings is 1. The van der Waals surface area contributed by atoms with E-state index in [0.717, 1.165) is 11.3 Å². The van der Waals surface area contributed by atoms with Crippen LogP contribution in [0.2, 0.25) is 0 Å². The van der Waals surface area contributed by atoms with Crippen molar-refractivity contribution in [2.75, 3.05) is 19.6 Å². The second-order valence-corrected chi connectivity index (χ2v) is 7.28. The van der Waals surface area contributed by atoms with Crippen molar-refractivity contribution in [2.24, 2.45) is 0 Å². The third-order valence-electron chi connectivity index (χ3n) is 2.76. The van der Waals surface area contributed by atoms with Gasteiger partial charge in [-0.3, -0.25) is 4.90 Å². The van der Waals surface area contributed by atoms with Crippen molar-refractivity contribution in [1.82, 2.24) is 9.62 Å². The Balaban J connectivity index is 1.92. The van der Waals surface area contributed by atoms with Crippen LogP contribution in [0.15, 0.2) is 21.7 Å². The largest absolute Gasteiger partial charge is 0.401 e. The quantitative estimate of drug-likeness (QED) is 0.919. The van der Waals surface area contributed by atoms with Gasteiger partial charge in [0, 0.05) is 19.1 Å². The van der Waals surface area contributed by atoms with Gasteiger partial charge < -0.3 is 0 Å². The van der Waals surface area contributed by atoms with Crippen molar-refractivity contribution in [1.29, 1.82) is 0 Å². The van der Waals surface area contributed by atoms with Gasteiger partial charge in [-0.15, -0.1) is 11.3 Å². The zero-order chi connectivity index (χ0) is 14.1. The summed E-state index contributed by atoms with van der Waals surface area (Å²) in [4.78, 5) is 1.21. The van der Waals surface area contributed by atoms with Crippen molar-refractivity contribution >= 4 is 21.4 Å². The molecule has 0 spiro atoms. The van der Waals surface area contributed by atoms with Gasteiger partial charge in [-0.25, -0.2) is 13.1 Å². The lowest BCUT2D eigenvalue weighted by Crippen LogP contribution is -2.38. The van der Waals surface area contributed by atoms with E-state index in [1.807, 2.05) is 0 Å². The molecule has 9 heteroatoms. The molecule has 1 fully saturated rings. The molecule has 1 aromatic heterocycles. The van der Waals surface area contributed by atoms with E-state index in [1.165, 1.54) is 11.0 Å². The predicted molar refractivity (Wildman–Crippen MR) is 65.5 cm³/mol. The molecule has 1 aromatic rings. The Bertz CT molecular complexity index is 513. The Kier molecular flexibility index (Phi) is 4.19. The topological polar surface area (TPSA) is 49.4 Å². The SMILES string of the molecule is O=S(=O)(N[C@H]1CCN(CC(F)(F)F)C1)c1cccs1. The normalized spacial score (nSPS) is 21.9. The number of alkyl halides is 3. The van der Waals surface area contributed by atoms with Gasteiger partial charge in [-0.1, -0.05) is 6.07 Å². The van der Waals surface area contributed by atoms with Crippen molar-refractivity contribution in [3.63, 3.8) is 0 Å². The van der Waals surface area contributed by atoms with E-state index in [1.54, 1.807) is 11.4 Å². The molecular weight excluding hydrogens is 301 g/mol. The molecular formula is C10H13F3N2O2S2. The van der Waals surface area contributed by atoms with Gasteiger partial charge >= 0.3 is 6.18 Å². The average Bonchev–Trinajstić information content (AvgIpc) is 2.86. The van der Waals surface area contributed by atoms with Gasteiger partial charge in [-0.05, 0) is 17.9 Å². The average molecular weight is 314 g/mol. The highest BCUT2D eigenvalue weighted by molar-refractivity contribution is 7.91. The summed E-state index contributed by atoms with van der Waals surface area (Å²) in [6.07, 6.45) is -3.86. The van der Waals surface area contributed by atoms with Crippen LogP contribution in [0.5, 0.6) is 0 Å². The van der Waals surface area contributed by atoms with Crippen molar-refractivity contribution in [3.05, 3.63) is 17.5 Å². The van der Waals surface area contributed by atoms with Crippen LogP contribution in [0, 0.1) is 0 Å².